The Morgan fingerprint density at radius 1 is 1.12 bits per heavy atom. The average molecular weight is 360 g/mol. The first kappa shape index (κ1) is 18.2. The van der Waals surface area contributed by atoms with Crippen LogP contribution in [-0.2, 0) is 6.54 Å². The number of nitrogens with zero attached hydrogens (tertiary/aromatic N) is 3. The maximum atomic E-state index is 12.2. The molecule has 9 heteroatoms. The quantitative estimate of drug-likeness (QED) is 0.441. The Balaban J connectivity index is 2.26. The zero-order valence-corrected chi connectivity index (χ0v) is 14.4. The molecule has 138 valence electrons. The summed E-state index contributed by atoms with van der Waals surface area (Å²) in [6.07, 6.45) is -2.15. The Kier molecular flexibility index (Phi) is 4.86. The fourth-order valence-corrected chi connectivity index (χ4v) is 2.91. The number of hydrogen-bond acceptors (Lipinski definition) is 7. The Morgan fingerprint density at radius 2 is 1.81 bits per heavy atom. The minimum atomic E-state index is -1.07. The lowest BCUT2D eigenvalue weighted by molar-refractivity contribution is 0.0362. The van der Waals surface area contributed by atoms with E-state index in [0.29, 0.717) is 11.0 Å². The Hall–Kier alpha value is -2.62. The van der Waals surface area contributed by atoms with E-state index < -0.39 is 30.1 Å². The molecule has 1 unspecified atom stereocenters. The van der Waals surface area contributed by atoms with Gasteiger partial charge in [-0.15, -0.1) is 0 Å². The van der Waals surface area contributed by atoms with Gasteiger partial charge in [-0.1, -0.05) is 0 Å². The summed E-state index contributed by atoms with van der Waals surface area (Å²) in [5.74, 6) is 0.0621. The number of benzene rings is 1. The van der Waals surface area contributed by atoms with Crippen molar-refractivity contribution in [2.45, 2.75) is 39.0 Å². The standard InChI is InChI=1S/C17H20N4O5/c1-8-3-12-13(4-9(8)2)21(6-10(23)5-11(24)7-22)15-14(18-12)16(25)20-17(26)19-15/h3-4,10-11,22-24H,5-7H2,1-2H3,(H,20,25,26)/t10-,11?/m1/s1. The zero-order valence-electron chi connectivity index (χ0n) is 14.4. The molecule has 2 aliphatic heterocycles. The van der Waals surface area contributed by atoms with Crippen LogP contribution in [0.15, 0.2) is 21.7 Å². The minimum Gasteiger partial charge on any atom is -0.394 e. The highest BCUT2D eigenvalue weighted by atomic mass is 16.3. The summed E-state index contributed by atoms with van der Waals surface area (Å²) in [7, 11) is 0. The van der Waals surface area contributed by atoms with Gasteiger partial charge < -0.3 is 19.9 Å². The molecule has 0 saturated carbocycles. The van der Waals surface area contributed by atoms with Crippen molar-refractivity contribution in [1.29, 1.82) is 0 Å². The smallest absolute Gasteiger partial charge is 0.349 e. The Labute approximate surface area is 147 Å². The number of aromatic nitrogens is 4. The van der Waals surface area contributed by atoms with Gasteiger partial charge in [0.05, 0.1) is 36.4 Å². The Morgan fingerprint density at radius 3 is 2.50 bits per heavy atom. The molecular formula is C17H20N4O5. The second-order valence-corrected chi connectivity index (χ2v) is 6.42. The van der Waals surface area contributed by atoms with Crippen molar-refractivity contribution in [3.8, 4) is 11.5 Å². The zero-order chi connectivity index (χ0) is 19.0. The summed E-state index contributed by atoms with van der Waals surface area (Å²) in [5, 5.41) is 28.8. The van der Waals surface area contributed by atoms with Gasteiger partial charge in [0.1, 0.15) is 0 Å². The van der Waals surface area contributed by atoms with Crippen LogP contribution in [0.1, 0.15) is 17.5 Å². The van der Waals surface area contributed by atoms with E-state index in [2.05, 4.69) is 15.0 Å². The molecule has 2 atom stereocenters. The van der Waals surface area contributed by atoms with Crippen molar-refractivity contribution >= 4 is 11.0 Å². The first-order chi connectivity index (χ1) is 12.3. The lowest BCUT2D eigenvalue weighted by Gasteiger charge is -2.21. The number of fused-ring (bicyclic) bond motifs is 2. The minimum absolute atomic E-state index is 0.00439. The van der Waals surface area contributed by atoms with Gasteiger partial charge >= 0.3 is 5.69 Å². The average Bonchev–Trinajstić information content (AvgIpc) is 2.57. The van der Waals surface area contributed by atoms with Crippen molar-refractivity contribution in [3.05, 3.63) is 44.1 Å². The van der Waals surface area contributed by atoms with Crippen LogP contribution in [0, 0.1) is 13.8 Å². The van der Waals surface area contributed by atoms with Crippen LogP contribution < -0.4 is 11.2 Å². The normalized spacial score (nSPS) is 14.0. The van der Waals surface area contributed by atoms with Gasteiger partial charge in [0, 0.05) is 6.42 Å². The summed E-state index contributed by atoms with van der Waals surface area (Å²) in [6, 6.07) is 3.67. The SMILES string of the molecule is Cc1cc2nc3c(=O)[nH]c(=O)nc-3n(C[C@H](O)CC(O)CO)c2cc1C. The largest absolute Gasteiger partial charge is 0.394 e. The molecule has 3 rings (SSSR count). The fourth-order valence-electron chi connectivity index (χ4n) is 2.91. The molecule has 0 fully saturated rings. The first-order valence-electron chi connectivity index (χ1n) is 8.19. The van der Waals surface area contributed by atoms with E-state index in [9.17, 15) is 19.8 Å². The highest BCUT2D eigenvalue weighted by molar-refractivity contribution is 5.81. The van der Waals surface area contributed by atoms with Gasteiger partial charge in [0.2, 0.25) is 0 Å². The van der Waals surface area contributed by atoms with E-state index in [1.54, 1.807) is 4.57 Å². The monoisotopic (exact) mass is 360 g/mol. The topological polar surface area (TPSA) is 141 Å². The number of aliphatic hydroxyl groups is 3. The van der Waals surface area contributed by atoms with E-state index in [4.69, 9.17) is 5.11 Å². The van der Waals surface area contributed by atoms with E-state index >= 15 is 0 Å². The molecule has 26 heavy (non-hydrogen) atoms. The number of aliphatic hydroxyl groups excluding tert-OH is 3. The van der Waals surface area contributed by atoms with Crippen LogP contribution in [-0.4, -0.2) is 53.7 Å². The van der Waals surface area contributed by atoms with Crippen molar-refractivity contribution in [2.24, 2.45) is 0 Å². The Bertz CT molecular complexity index is 1040. The lowest BCUT2D eigenvalue weighted by atomic mass is 10.1. The molecule has 2 heterocycles. The molecule has 0 amide bonds. The summed E-state index contributed by atoms with van der Waals surface area (Å²) in [6.45, 7) is 3.34. The van der Waals surface area contributed by atoms with Gasteiger partial charge in [-0.3, -0.25) is 9.78 Å². The molecule has 0 spiro atoms. The first-order valence-corrected chi connectivity index (χ1v) is 8.19. The summed E-state index contributed by atoms with van der Waals surface area (Å²) >= 11 is 0. The van der Waals surface area contributed by atoms with Gasteiger partial charge in [-0.05, 0) is 37.1 Å². The van der Waals surface area contributed by atoms with Gasteiger partial charge in [-0.2, -0.15) is 4.98 Å². The second kappa shape index (κ2) is 6.94. The summed E-state index contributed by atoms with van der Waals surface area (Å²) in [4.78, 5) is 34.1. The molecule has 0 radical (unpaired) electrons. The maximum Gasteiger partial charge on any atom is 0.349 e. The van der Waals surface area contributed by atoms with Crippen molar-refractivity contribution in [1.82, 2.24) is 19.5 Å². The van der Waals surface area contributed by atoms with Gasteiger partial charge in [0.25, 0.3) is 5.56 Å². The number of H-pyrrole nitrogens is 1. The predicted molar refractivity (Wildman–Crippen MR) is 94.2 cm³/mol. The van der Waals surface area contributed by atoms with E-state index in [0.717, 1.165) is 11.1 Å². The third-order valence-electron chi connectivity index (χ3n) is 4.37. The van der Waals surface area contributed by atoms with Crippen LogP contribution in [0.3, 0.4) is 0 Å². The number of rotatable bonds is 5. The second-order valence-electron chi connectivity index (χ2n) is 6.42. The van der Waals surface area contributed by atoms with Crippen LogP contribution in [0.25, 0.3) is 22.6 Å². The van der Waals surface area contributed by atoms with Crippen LogP contribution in [0.2, 0.25) is 0 Å². The molecule has 1 aromatic rings. The van der Waals surface area contributed by atoms with Crippen LogP contribution in [0.4, 0.5) is 0 Å². The number of aromatic amines is 1. The van der Waals surface area contributed by atoms with Crippen LogP contribution >= 0.6 is 0 Å². The molecule has 1 aromatic carbocycles. The molecule has 4 N–H and O–H groups in total. The van der Waals surface area contributed by atoms with Crippen molar-refractivity contribution in [2.75, 3.05) is 6.61 Å². The molecular weight excluding hydrogens is 340 g/mol. The van der Waals surface area contributed by atoms with Crippen molar-refractivity contribution < 1.29 is 15.3 Å². The molecule has 0 saturated heterocycles. The number of hydrogen-bond donors (Lipinski definition) is 4. The molecule has 0 bridgehead atoms. The number of nitrogens with one attached hydrogen (secondary N) is 1. The maximum absolute atomic E-state index is 12.2. The molecule has 0 aliphatic carbocycles. The molecule has 9 nitrogen and oxygen atoms in total. The molecule has 0 aromatic heterocycles. The lowest BCUT2D eigenvalue weighted by Crippen LogP contribution is -2.31. The van der Waals surface area contributed by atoms with E-state index in [1.807, 2.05) is 26.0 Å². The van der Waals surface area contributed by atoms with E-state index in [1.165, 1.54) is 0 Å². The van der Waals surface area contributed by atoms with Crippen molar-refractivity contribution in [3.63, 3.8) is 0 Å². The third kappa shape index (κ3) is 3.36. The van der Waals surface area contributed by atoms with Crippen LogP contribution in [0.5, 0.6) is 0 Å². The highest BCUT2D eigenvalue weighted by Gasteiger charge is 2.21. The summed E-state index contributed by atoms with van der Waals surface area (Å²) in [5.41, 5.74) is 1.64. The number of aryl methyl sites for hydroxylation is 2. The highest BCUT2D eigenvalue weighted by Crippen LogP contribution is 2.24. The predicted octanol–water partition coefficient (Wildman–Crippen LogP) is -0.694. The summed E-state index contributed by atoms with van der Waals surface area (Å²) < 4.78 is 1.55. The van der Waals surface area contributed by atoms with Gasteiger partial charge in [-0.25, -0.2) is 9.78 Å². The third-order valence-corrected chi connectivity index (χ3v) is 4.37. The van der Waals surface area contributed by atoms with Gasteiger partial charge in [0.15, 0.2) is 11.5 Å². The molecule has 2 aliphatic rings. The fraction of sp³-hybridized carbons (Fsp3) is 0.412. The van der Waals surface area contributed by atoms with E-state index in [-0.39, 0.29) is 24.5 Å².